The molecule has 1 N–H and O–H groups in total. The molecule has 172 valence electrons. The fraction of sp³-hybridized carbons (Fsp3) is 0.360. The third kappa shape index (κ3) is 4.26. The molecule has 1 aliphatic heterocycles. The quantitative estimate of drug-likeness (QED) is 0.466. The molecule has 0 aliphatic carbocycles. The van der Waals surface area contributed by atoms with Gasteiger partial charge in [-0.05, 0) is 43.7 Å². The van der Waals surface area contributed by atoms with Crippen LogP contribution in [0.2, 0.25) is 0 Å². The van der Waals surface area contributed by atoms with Crippen LogP contribution in [-0.4, -0.2) is 46.1 Å². The van der Waals surface area contributed by atoms with Crippen molar-refractivity contribution >= 4 is 38.4 Å². The first-order chi connectivity index (χ1) is 15.9. The van der Waals surface area contributed by atoms with E-state index in [1.807, 2.05) is 43.7 Å². The maximum atomic E-state index is 13.9. The van der Waals surface area contributed by atoms with Crippen molar-refractivity contribution in [3.05, 3.63) is 64.5 Å². The average Bonchev–Trinajstić information content (AvgIpc) is 3.31. The van der Waals surface area contributed by atoms with E-state index in [1.54, 1.807) is 12.3 Å². The number of pyridine rings is 1. The second kappa shape index (κ2) is 8.85. The second-order valence-electron chi connectivity index (χ2n) is 8.85. The van der Waals surface area contributed by atoms with Gasteiger partial charge in [0.15, 0.2) is 0 Å². The highest BCUT2D eigenvalue weighted by molar-refractivity contribution is 7.20. The molecular formula is C25H27FN4O2S. The van der Waals surface area contributed by atoms with Crippen LogP contribution in [0.4, 0.5) is 4.39 Å². The number of fused-ring (bicyclic) bond motifs is 2. The minimum atomic E-state index is -0.240. The number of thiophene rings is 1. The topological polar surface area (TPSA) is 59.4 Å². The fourth-order valence-corrected chi connectivity index (χ4v) is 5.70. The Morgan fingerprint density at radius 1 is 1.33 bits per heavy atom. The summed E-state index contributed by atoms with van der Waals surface area (Å²) >= 11 is 1.41. The number of amides is 1. The molecule has 0 saturated carbocycles. The summed E-state index contributed by atoms with van der Waals surface area (Å²) in [7, 11) is 1.98. The number of carbonyl (C=O) groups excluding carboxylic acids is 1. The molecule has 4 aromatic rings. The lowest BCUT2D eigenvalue weighted by molar-refractivity contribution is -0.0322. The molecule has 1 aromatic carbocycles. The van der Waals surface area contributed by atoms with Crippen LogP contribution in [0.3, 0.4) is 0 Å². The number of rotatable bonds is 5. The number of nitrogens with one attached hydrogen (secondary N) is 1. The molecule has 6 nitrogen and oxygen atoms in total. The van der Waals surface area contributed by atoms with E-state index in [2.05, 4.69) is 21.4 Å². The minimum Gasteiger partial charge on any atom is -0.371 e. The van der Waals surface area contributed by atoms with Crippen molar-refractivity contribution in [1.29, 1.82) is 0 Å². The van der Waals surface area contributed by atoms with E-state index >= 15 is 0 Å². The molecule has 1 amide bonds. The molecule has 33 heavy (non-hydrogen) atoms. The molecular weight excluding hydrogens is 439 g/mol. The van der Waals surface area contributed by atoms with Gasteiger partial charge in [0.1, 0.15) is 15.5 Å². The first-order valence-corrected chi connectivity index (χ1v) is 12.0. The van der Waals surface area contributed by atoms with Gasteiger partial charge >= 0.3 is 0 Å². The number of aryl methyl sites for hydroxylation is 1. The van der Waals surface area contributed by atoms with Gasteiger partial charge in [0.25, 0.3) is 5.91 Å². The number of halogens is 1. The molecule has 1 fully saturated rings. The second-order valence-corrected chi connectivity index (χ2v) is 9.85. The molecule has 0 spiro atoms. The predicted octanol–water partition coefficient (Wildman–Crippen LogP) is 4.64. The minimum absolute atomic E-state index is 0.0408. The molecule has 0 unspecified atom stereocenters. The lowest BCUT2D eigenvalue weighted by Crippen LogP contribution is -2.38. The number of ether oxygens (including phenoxy) is 1. The molecule has 5 rings (SSSR count). The maximum absolute atomic E-state index is 13.9. The molecule has 1 saturated heterocycles. The maximum Gasteiger partial charge on any atom is 0.262 e. The standard InChI is InChI=1S/C25H27FN4O2S/c1-15(2)28-24(31)23-22(18-5-4-8-27-25(18)33-23)21-14-30(9-10-32-21)13-16-12-29(3)20-7-6-17(26)11-19(16)20/h4-8,11-12,15,21H,9-10,13-14H2,1-3H3,(H,28,31)/t21-/m1/s1. The van der Waals surface area contributed by atoms with Crippen molar-refractivity contribution in [3.8, 4) is 0 Å². The molecule has 1 aliphatic rings. The first-order valence-electron chi connectivity index (χ1n) is 11.2. The van der Waals surface area contributed by atoms with Crippen molar-refractivity contribution < 1.29 is 13.9 Å². The Hall–Kier alpha value is -2.81. The molecule has 1 atom stereocenters. The van der Waals surface area contributed by atoms with E-state index < -0.39 is 0 Å². The predicted molar refractivity (Wildman–Crippen MR) is 129 cm³/mol. The summed E-state index contributed by atoms with van der Waals surface area (Å²) in [6, 6.07) is 8.87. The molecule has 4 heterocycles. The number of morpholine rings is 1. The molecule has 0 bridgehead atoms. The van der Waals surface area contributed by atoms with Crippen LogP contribution in [0.5, 0.6) is 0 Å². The number of benzene rings is 1. The highest BCUT2D eigenvalue weighted by Gasteiger charge is 2.30. The number of aromatic nitrogens is 2. The van der Waals surface area contributed by atoms with E-state index in [0.29, 0.717) is 24.6 Å². The largest absolute Gasteiger partial charge is 0.371 e. The van der Waals surface area contributed by atoms with Gasteiger partial charge in [-0.25, -0.2) is 9.37 Å². The van der Waals surface area contributed by atoms with Crippen LogP contribution in [0.25, 0.3) is 21.1 Å². The summed E-state index contributed by atoms with van der Waals surface area (Å²) in [5.74, 6) is -0.318. The van der Waals surface area contributed by atoms with E-state index in [1.165, 1.54) is 17.4 Å². The third-order valence-corrected chi connectivity index (χ3v) is 7.16. The van der Waals surface area contributed by atoms with Gasteiger partial charge in [0.05, 0.1) is 12.7 Å². The van der Waals surface area contributed by atoms with Crippen LogP contribution in [0, 0.1) is 5.82 Å². The zero-order valence-electron chi connectivity index (χ0n) is 19.0. The van der Waals surface area contributed by atoms with Crippen molar-refractivity contribution in [2.24, 2.45) is 7.05 Å². The monoisotopic (exact) mass is 466 g/mol. The molecule has 3 aromatic heterocycles. The Bertz CT molecular complexity index is 1330. The Kier molecular flexibility index (Phi) is 5.90. The third-order valence-electron chi connectivity index (χ3n) is 6.03. The van der Waals surface area contributed by atoms with Gasteiger partial charge in [-0.2, -0.15) is 0 Å². The summed E-state index contributed by atoms with van der Waals surface area (Å²) < 4.78 is 22.2. The van der Waals surface area contributed by atoms with Gasteiger partial charge in [-0.3, -0.25) is 9.69 Å². The highest BCUT2D eigenvalue weighted by atomic mass is 32.1. The van der Waals surface area contributed by atoms with E-state index in [9.17, 15) is 9.18 Å². The Morgan fingerprint density at radius 2 is 2.18 bits per heavy atom. The number of hydrogen-bond donors (Lipinski definition) is 1. The lowest BCUT2D eigenvalue weighted by Gasteiger charge is -2.33. The SMILES string of the molecule is CC(C)NC(=O)c1sc2ncccc2c1[C@H]1CN(Cc2cn(C)c3ccc(F)cc23)CCO1. The van der Waals surface area contributed by atoms with E-state index in [0.717, 1.165) is 38.8 Å². The summed E-state index contributed by atoms with van der Waals surface area (Å²) in [6.07, 6.45) is 3.58. The molecule has 0 radical (unpaired) electrons. The highest BCUT2D eigenvalue weighted by Crippen LogP contribution is 2.37. The van der Waals surface area contributed by atoms with Crippen molar-refractivity contribution in [3.63, 3.8) is 0 Å². The summed E-state index contributed by atoms with van der Waals surface area (Å²) in [5, 5.41) is 4.92. The van der Waals surface area contributed by atoms with Crippen molar-refractivity contribution in [1.82, 2.24) is 19.8 Å². The van der Waals surface area contributed by atoms with Gasteiger partial charge in [0.2, 0.25) is 0 Å². The van der Waals surface area contributed by atoms with E-state index in [-0.39, 0.29) is 23.9 Å². The van der Waals surface area contributed by atoms with Crippen LogP contribution < -0.4 is 5.32 Å². The van der Waals surface area contributed by atoms with Gasteiger partial charge in [-0.1, -0.05) is 6.07 Å². The Labute approximate surface area is 196 Å². The normalized spacial score (nSPS) is 17.3. The van der Waals surface area contributed by atoms with Crippen LogP contribution in [-0.2, 0) is 18.3 Å². The molecule has 8 heteroatoms. The first kappa shape index (κ1) is 22.0. The Morgan fingerprint density at radius 3 is 3.00 bits per heavy atom. The lowest BCUT2D eigenvalue weighted by atomic mass is 10.0. The zero-order chi connectivity index (χ0) is 23.1. The Balaban J connectivity index is 1.46. The smallest absolute Gasteiger partial charge is 0.262 e. The zero-order valence-corrected chi connectivity index (χ0v) is 19.8. The van der Waals surface area contributed by atoms with E-state index in [4.69, 9.17) is 4.74 Å². The fourth-order valence-electron chi connectivity index (χ4n) is 4.60. The van der Waals surface area contributed by atoms with Gasteiger partial charge < -0.3 is 14.6 Å². The number of carbonyl (C=O) groups is 1. The van der Waals surface area contributed by atoms with Gasteiger partial charge in [0, 0.05) is 67.0 Å². The van der Waals surface area contributed by atoms with Crippen molar-refractivity contribution in [2.45, 2.75) is 32.5 Å². The summed E-state index contributed by atoms with van der Waals surface area (Å²) in [6.45, 7) is 6.58. The number of nitrogens with zero attached hydrogens (tertiary/aromatic N) is 3. The average molecular weight is 467 g/mol. The van der Waals surface area contributed by atoms with Crippen molar-refractivity contribution in [2.75, 3.05) is 19.7 Å². The number of hydrogen-bond acceptors (Lipinski definition) is 5. The van der Waals surface area contributed by atoms with Crippen LogP contribution in [0.15, 0.2) is 42.7 Å². The van der Waals surface area contributed by atoms with Gasteiger partial charge in [-0.15, -0.1) is 11.3 Å². The summed E-state index contributed by atoms with van der Waals surface area (Å²) in [4.78, 5) is 21.3. The summed E-state index contributed by atoms with van der Waals surface area (Å²) in [5.41, 5.74) is 3.01. The van der Waals surface area contributed by atoms with Crippen LogP contribution >= 0.6 is 11.3 Å². The van der Waals surface area contributed by atoms with Crippen LogP contribution in [0.1, 0.15) is 40.8 Å².